The monoisotopic (exact) mass is 431 g/mol. The standard InChI is InChI=1S/C24H25N5OS/c1-17-8-4-5-9-19(17)29-18(2)31-22-23(25-16-26-24(22)29)28-14-12-27(13-15-28)20-10-6-7-11-21(20)30-3/h4-11,16H,2,12-15H2,1,3H3. The summed E-state index contributed by atoms with van der Waals surface area (Å²) in [5, 5.41) is 0.957. The van der Waals surface area contributed by atoms with Crippen LogP contribution in [0.5, 0.6) is 5.75 Å². The van der Waals surface area contributed by atoms with E-state index >= 15 is 0 Å². The van der Waals surface area contributed by atoms with Crippen LogP contribution in [0.3, 0.4) is 0 Å². The second kappa shape index (κ2) is 8.15. The van der Waals surface area contributed by atoms with E-state index in [1.54, 1.807) is 25.2 Å². The molecule has 0 bridgehead atoms. The first-order valence-electron chi connectivity index (χ1n) is 10.4. The number of benzene rings is 2. The van der Waals surface area contributed by atoms with Crippen LogP contribution < -0.4 is 19.4 Å². The fourth-order valence-electron chi connectivity index (χ4n) is 4.23. The molecule has 0 atom stereocenters. The number of hydrogen-bond acceptors (Lipinski definition) is 7. The van der Waals surface area contributed by atoms with Crippen LogP contribution in [0.1, 0.15) is 5.56 Å². The zero-order chi connectivity index (χ0) is 21.4. The number of fused-ring (bicyclic) bond motifs is 1. The van der Waals surface area contributed by atoms with Crippen LogP contribution >= 0.6 is 11.8 Å². The molecule has 0 unspecified atom stereocenters. The first-order chi connectivity index (χ1) is 15.2. The molecule has 0 amide bonds. The Hall–Kier alpha value is -3.19. The van der Waals surface area contributed by atoms with Crippen molar-refractivity contribution in [3.63, 3.8) is 0 Å². The predicted octanol–water partition coefficient (Wildman–Crippen LogP) is 4.84. The lowest BCUT2D eigenvalue weighted by Crippen LogP contribution is -2.47. The van der Waals surface area contributed by atoms with Crippen LogP contribution in [0.2, 0.25) is 0 Å². The highest BCUT2D eigenvalue weighted by atomic mass is 32.2. The summed E-state index contributed by atoms with van der Waals surface area (Å²) in [4.78, 5) is 17.3. The molecule has 0 N–H and O–H groups in total. The van der Waals surface area contributed by atoms with E-state index in [1.165, 1.54) is 5.56 Å². The average molecular weight is 432 g/mol. The van der Waals surface area contributed by atoms with Gasteiger partial charge in [0.2, 0.25) is 0 Å². The van der Waals surface area contributed by atoms with Gasteiger partial charge in [-0.25, -0.2) is 9.97 Å². The van der Waals surface area contributed by atoms with Crippen LogP contribution in [0.4, 0.5) is 23.0 Å². The van der Waals surface area contributed by atoms with Crippen LogP contribution in [-0.2, 0) is 0 Å². The number of nitrogens with zero attached hydrogens (tertiary/aromatic N) is 5. The Labute approximate surface area is 187 Å². The molecule has 6 nitrogen and oxygen atoms in total. The van der Waals surface area contributed by atoms with E-state index in [2.05, 4.69) is 74.6 Å². The van der Waals surface area contributed by atoms with Crippen molar-refractivity contribution in [2.75, 3.05) is 48.0 Å². The van der Waals surface area contributed by atoms with Gasteiger partial charge in [0.1, 0.15) is 17.9 Å². The first kappa shape index (κ1) is 19.8. The van der Waals surface area contributed by atoms with Gasteiger partial charge < -0.3 is 14.5 Å². The number of aromatic nitrogens is 2. The Bertz CT molecular complexity index is 1130. The van der Waals surface area contributed by atoms with E-state index in [1.807, 2.05) is 12.1 Å². The van der Waals surface area contributed by atoms with Gasteiger partial charge in [0.05, 0.1) is 28.4 Å². The molecule has 0 saturated carbocycles. The van der Waals surface area contributed by atoms with Gasteiger partial charge in [-0.3, -0.25) is 4.90 Å². The van der Waals surface area contributed by atoms with E-state index in [4.69, 9.17) is 4.74 Å². The van der Waals surface area contributed by atoms with Crippen molar-refractivity contribution < 1.29 is 4.74 Å². The van der Waals surface area contributed by atoms with Gasteiger partial charge in [0.15, 0.2) is 5.82 Å². The topological polar surface area (TPSA) is 44.7 Å². The van der Waals surface area contributed by atoms with Gasteiger partial charge >= 0.3 is 0 Å². The zero-order valence-corrected chi connectivity index (χ0v) is 18.6. The molecule has 31 heavy (non-hydrogen) atoms. The number of rotatable bonds is 4. The largest absolute Gasteiger partial charge is 0.495 e. The number of thioether (sulfide) groups is 1. The van der Waals surface area contributed by atoms with Crippen LogP contribution in [-0.4, -0.2) is 43.3 Å². The van der Waals surface area contributed by atoms with E-state index in [9.17, 15) is 0 Å². The van der Waals surface area contributed by atoms with Crippen molar-refractivity contribution in [3.05, 3.63) is 72.0 Å². The van der Waals surface area contributed by atoms with Crippen molar-refractivity contribution in [1.29, 1.82) is 0 Å². The molecule has 3 heterocycles. The molecule has 2 aromatic carbocycles. The van der Waals surface area contributed by atoms with Gasteiger partial charge in [-0.15, -0.1) is 0 Å². The maximum Gasteiger partial charge on any atom is 0.157 e. The van der Waals surface area contributed by atoms with Gasteiger partial charge in [-0.2, -0.15) is 0 Å². The van der Waals surface area contributed by atoms with Gasteiger partial charge in [0.25, 0.3) is 0 Å². The zero-order valence-electron chi connectivity index (χ0n) is 17.8. The minimum Gasteiger partial charge on any atom is -0.495 e. The first-order valence-corrected chi connectivity index (χ1v) is 11.2. The molecule has 2 aliphatic rings. The third kappa shape index (κ3) is 3.49. The van der Waals surface area contributed by atoms with Crippen molar-refractivity contribution in [3.8, 4) is 5.75 Å². The van der Waals surface area contributed by atoms with Crippen LogP contribution in [0.15, 0.2) is 71.4 Å². The van der Waals surface area contributed by atoms with E-state index < -0.39 is 0 Å². The lowest BCUT2D eigenvalue weighted by atomic mass is 10.2. The molecule has 3 aromatic rings. The highest BCUT2D eigenvalue weighted by Crippen LogP contribution is 2.51. The summed E-state index contributed by atoms with van der Waals surface area (Å²) < 4.78 is 5.55. The number of ether oxygens (including phenoxy) is 1. The SMILES string of the molecule is C=C1Sc2c(N3CCN(c4ccccc4OC)CC3)ncnc2N1c1ccccc1C. The van der Waals surface area contributed by atoms with Crippen LogP contribution in [0, 0.1) is 6.92 Å². The Morgan fingerprint density at radius 1 is 0.871 bits per heavy atom. The Morgan fingerprint density at radius 3 is 2.26 bits per heavy atom. The molecule has 1 fully saturated rings. The highest BCUT2D eigenvalue weighted by Gasteiger charge is 2.33. The average Bonchev–Trinajstić information content (AvgIpc) is 3.15. The molecule has 2 aliphatic heterocycles. The van der Waals surface area contributed by atoms with Crippen molar-refractivity contribution in [2.45, 2.75) is 11.8 Å². The molecule has 0 aliphatic carbocycles. The highest BCUT2D eigenvalue weighted by molar-refractivity contribution is 8.03. The van der Waals surface area contributed by atoms with Crippen molar-refractivity contribution in [1.82, 2.24) is 9.97 Å². The molecular weight excluding hydrogens is 406 g/mol. The smallest absolute Gasteiger partial charge is 0.157 e. The van der Waals surface area contributed by atoms with Crippen molar-refractivity contribution >= 4 is 34.8 Å². The number of piperazine rings is 1. The summed E-state index contributed by atoms with van der Waals surface area (Å²) in [7, 11) is 1.73. The predicted molar refractivity (Wildman–Crippen MR) is 128 cm³/mol. The number of hydrogen-bond donors (Lipinski definition) is 0. The number of aryl methyl sites for hydroxylation is 1. The number of para-hydroxylation sites is 3. The minimum atomic E-state index is 0.888. The van der Waals surface area contributed by atoms with E-state index in [0.29, 0.717) is 0 Å². The second-order valence-electron chi connectivity index (χ2n) is 7.61. The molecule has 1 saturated heterocycles. The lowest BCUT2D eigenvalue weighted by Gasteiger charge is -2.37. The summed E-state index contributed by atoms with van der Waals surface area (Å²) >= 11 is 1.66. The summed E-state index contributed by atoms with van der Waals surface area (Å²) in [5.41, 5.74) is 3.46. The minimum absolute atomic E-state index is 0.888. The fourth-order valence-corrected chi connectivity index (χ4v) is 5.25. The Kier molecular flexibility index (Phi) is 5.19. The Balaban J connectivity index is 1.40. The summed E-state index contributed by atoms with van der Waals surface area (Å²) in [6.07, 6.45) is 1.67. The quantitative estimate of drug-likeness (QED) is 0.586. The van der Waals surface area contributed by atoms with Crippen LogP contribution in [0.25, 0.3) is 0 Å². The van der Waals surface area contributed by atoms with E-state index in [-0.39, 0.29) is 0 Å². The summed E-state index contributed by atoms with van der Waals surface area (Å²) in [6.45, 7) is 10.0. The maximum absolute atomic E-state index is 5.55. The molecule has 7 heteroatoms. The van der Waals surface area contributed by atoms with Gasteiger partial charge in [0, 0.05) is 26.2 Å². The second-order valence-corrected chi connectivity index (χ2v) is 8.70. The molecule has 1 aromatic heterocycles. The lowest BCUT2D eigenvalue weighted by molar-refractivity contribution is 0.413. The van der Waals surface area contributed by atoms with Gasteiger partial charge in [-0.05, 0) is 30.7 Å². The molecule has 0 radical (unpaired) electrons. The molecular formula is C24H25N5OS. The number of methoxy groups -OCH3 is 1. The maximum atomic E-state index is 5.55. The van der Waals surface area contributed by atoms with E-state index in [0.717, 1.165) is 64.9 Å². The molecule has 5 rings (SSSR count). The number of anilines is 4. The molecule has 158 valence electrons. The Morgan fingerprint density at radius 2 is 1.52 bits per heavy atom. The van der Waals surface area contributed by atoms with Crippen molar-refractivity contribution in [2.24, 2.45) is 0 Å². The normalized spacial score (nSPS) is 15.9. The third-order valence-electron chi connectivity index (χ3n) is 5.81. The fraction of sp³-hybridized carbons (Fsp3) is 0.250. The van der Waals surface area contributed by atoms with Gasteiger partial charge in [-0.1, -0.05) is 48.7 Å². The summed E-state index contributed by atoms with van der Waals surface area (Å²) in [6, 6.07) is 16.5. The molecule has 0 spiro atoms. The summed E-state index contributed by atoms with van der Waals surface area (Å²) in [5.74, 6) is 2.83. The third-order valence-corrected chi connectivity index (χ3v) is 6.80.